The van der Waals surface area contributed by atoms with Crippen molar-refractivity contribution in [1.29, 1.82) is 0 Å². The van der Waals surface area contributed by atoms with Gasteiger partial charge in [-0.1, -0.05) is 89.8 Å². The first kappa shape index (κ1) is 33.9. The molecule has 0 aliphatic heterocycles. The Balaban J connectivity index is 0.000000377. The summed E-state index contributed by atoms with van der Waals surface area (Å²) in [5.41, 5.74) is 0.786. The SMILES string of the molecule is CCCC[N+](CCCC)(CCCC)CCCC.Cc1cnc(NC(=O)Nc2cccc3ccccc23)s1.[Cl-]. The van der Waals surface area contributed by atoms with Gasteiger partial charge in [-0.15, -0.1) is 11.3 Å². The van der Waals surface area contributed by atoms with E-state index in [1.165, 1.54) is 93.4 Å². The molecule has 3 rings (SSSR count). The number of halogens is 1. The zero-order valence-electron chi connectivity index (χ0n) is 24.2. The molecule has 1 heterocycles. The van der Waals surface area contributed by atoms with Gasteiger partial charge < -0.3 is 22.2 Å². The third kappa shape index (κ3) is 11.7. The van der Waals surface area contributed by atoms with E-state index in [-0.39, 0.29) is 18.4 Å². The summed E-state index contributed by atoms with van der Waals surface area (Å²) >= 11 is 1.45. The van der Waals surface area contributed by atoms with E-state index in [4.69, 9.17) is 0 Å². The molecule has 0 aliphatic carbocycles. The molecular weight excluding hydrogens is 512 g/mol. The van der Waals surface area contributed by atoms with Gasteiger partial charge in [0.1, 0.15) is 0 Å². The van der Waals surface area contributed by atoms with Crippen molar-refractivity contribution in [2.24, 2.45) is 0 Å². The molecule has 2 aromatic carbocycles. The van der Waals surface area contributed by atoms with Crippen molar-refractivity contribution < 1.29 is 21.7 Å². The molecule has 2 N–H and O–H groups in total. The Labute approximate surface area is 241 Å². The Bertz CT molecular complexity index is 1010. The fourth-order valence-corrected chi connectivity index (χ4v) is 5.30. The van der Waals surface area contributed by atoms with Crippen LogP contribution in [-0.2, 0) is 0 Å². The van der Waals surface area contributed by atoms with E-state index < -0.39 is 0 Å². The van der Waals surface area contributed by atoms with E-state index in [0.717, 1.165) is 21.3 Å². The maximum Gasteiger partial charge on any atom is 0.325 e. The number of nitrogens with zero attached hydrogens (tertiary/aromatic N) is 2. The molecule has 0 atom stereocenters. The average molecular weight is 561 g/mol. The zero-order chi connectivity index (χ0) is 26.9. The number of carbonyl (C=O) groups excluding carboxylic acids is 1. The predicted octanol–water partition coefficient (Wildman–Crippen LogP) is 6.26. The van der Waals surface area contributed by atoms with Gasteiger partial charge in [-0.2, -0.15) is 0 Å². The van der Waals surface area contributed by atoms with E-state index in [1.807, 2.05) is 49.4 Å². The van der Waals surface area contributed by atoms with E-state index in [9.17, 15) is 4.79 Å². The highest BCUT2D eigenvalue weighted by Crippen LogP contribution is 2.23. The molecule has 0 aliphatic rings. The second-order valence-corrected chi connectivity index (χ2v) is 11.3. The number of anilines is 2. The van der Waals surface area contributed by atoms with Crippen molar-refractivity contribution in [3.8, 4) is 0 Å². The van der Waals surface area contributed by atoms with Gasteiger partial charge in [0.05, 0.1) is 31.9 Å². The third-order valence-electron chi connectivity index (χ3n) is 6.82. The minimum atomic E-state index is -0.282. The van der Waals surface area contributed by atoms with Crippen molar-refractivity contribution in [2.45, 2.75) is 86.0 Å². The Morgan fingerprint density at radius 2 is 1.32 bits per heavy atom. The Kier molecular flexibility index (Phi) is 16.9. The first-order chi connectivity index (χ1) is 18.0. The number of carbonyl (C=O) groups is 1. The molecule has 212 valence electrons. The first-order valence-electron chi connectivity index (χ1n) is 14.3. The van der Waals surface area contributed by atoms with Crippen molar-refractivity contribution in [1.82, 2.24) is 4.98 Å². The van der Waals surface area contributed by atoms with Crippen molar-refractivity contribution in [2.75, 3.05) is 36.8 Å². The quantitative estimate of drug-likeness (QED) is 0.229. The number of hydrogen-bond donors (Lipinski definition) is 2. The number of benzene rings is 2. The fraction of sp³-hybridized carbons (Fsp3) is 0.548. The molecule has 2 amide bonds. The van der Waals surface area contributed by atoms with Crippen molar-refractivity contribution in [3.05, 3.63) is 53.5 Å². The lowest BCUT2D eigenvalue weighted by atomic mass is 10.1. The number of rotatable bonds is 14. The summed E-state index contributed by atoms with van der Waals surface area (Å²) in [4.78, 5) is 17.1. The van der Waals surface area contributed by atoms with Crippen LogP contribution in [0.25, 0.3) is 10.8 Å². The highest BCUT2D eigenvalue weighted by molar-refractivity contribution is 7.15. The summed E-state index contributed by atoms with van der Waals surface area (Å²) in [5.74, 6) is 0. The summed E-state index contributed by atoms with van der Waals surface area (Å²) in [6.07, 6.45) is 12.8. The number of aromatic nitrogens is 1. The normalized spacial score (nSPS) is 10.9. The topological polar surface area (TPSA) is 54.0 Å². The fourth-order valence-electron chi connectivity index (χ4n) is 4.64. The van der Waals surface area contributed by atoms with E-state index in [0.29, 0.717) is 5.13 Å². The van der Waals surface area contributed by atoms with Gasteiger partial charge in [-0.25, -0.2) is 9.78 Å². The number of aryl methyl sites for hydroxylation is 1. The molecule has 1 aromatic heterocycles. The van der Waals surface area contributed by atoms with Crippen LogP contribution in [0.3, 0.4) is 0 Å². The lowest BCUT2D eigenvalue weighted by Gasteiger charge is -2.39. The van der Waals surface area contributed by atoms with Crippen molar-refractivity contribution in [3.63, 3.8) is 0 Å². The Morgan fingerprint density at radius 1 is 0.789 bits per heavy atom. The number of unbranched alkanes of at least 4 members (excludes halogenated alkanes) is 4. The highest BCUT2D eigenvalue weighted by atomic mass is 35.5. The molecule has 0 saturated heterocycles. The summed E-state index contributed by atoms with van der Waals surface area (Å²) in [6.45, 7) is 17.0. The molecular formula is C31H49ClN4OS. The molecule has 5 nitrogen and oxygen atoms in total. The van der Waals surface area contributed by atoms with Crippen LogP contribution in [0.4, 0.5) is 15.6 Å². The monoisotopic (exact) mass is 560 g/mol. The number of fused-ring (bicyclic) bond motifs is 1. The van der Waals surface area contributed by atoms with Gasteiger partial charge in [-0.05, 0) is 44.1 Å². The summed E-state index contributed by atoms with van der Waals surface area (Å²) in [5, 5.41) is 8.30. The van der Waals surface area contributed by atoms with Crippen molar-refractivity contribution >= 4 is 39.0 Å². The third-order valence-corrected chi connectivity index (χ3v) is 7.65. The summed E-state index contributed by atoms with van der Waals surface area (Å²) in [7, 11) is 0. The zero-order valence-corrected chi connectivity index (χ0v) is 25.8. The molecule has 0 radical (unpaired) electrons. The van der Waals surface area contributed by atoms with Crippen LogP contribution in [0.1, 0.15) is 83.9 Å². The van der Waals surface area contributed by atoms with E-state index >= 15 is 0 Å². The number of urea groups is 1. The summed E-state index contributed by atoms with van der Waals surface area (Å²) in [6, 6.07) is 13.5. The minimum Gasteiger partial charge on any atom is -1.00 e. The highest BCUT2D eigenvalue weighted by Gasteiger charge is 2.24. The second kappa shape index (κ2) is 19.0. The standard InChI is InChI=1S/C16H36N.C15H13N3OS.ClH/c1-5-9-13-17(14-10-6-2,15-11-7-3)16-12-8-4;1-10-9-16-15(20-10)18-14(19)17-13-8-4-6-11-5-2-3-7-12(11)13;/h5-16H2,1-4H3;2-9H,1H3,(H2,16,17,18,19);1H/q+1;;/p-1. The molecule has 0 unspecified atom stereocenters. The van der Waals surface area contributed by atoms with Gasteiger partial charge in [0.25, 0.3) is 0 Å². The minimum absolute atomic E-state index is 0. The van der Waals surface area contributed by atoms with E-state index in [2.05, 4.69) is 43.3 Å². The van der Waals surface area contributed by atoms with Gasteiger partial charge in [0, 0.05) is 16.5 Å². The van der Waals surface area contributed by atoms with E-state index in [1.54, 1.807) is 6.20 Å². The van der Waals surface area contributed by atoms with Gasteiger partial charge in [0.2, 0.25) is 0 Å². The second-order valence-electron chi connectivity index (χ2n) is 10.0. The molecule has 0 bridgehead atoms. The predicted molar refractivity (Wildman–Crippen MR) is 163 cm³/mol. The average Bonchev–Trinajstić information content (AvgIpc) is 3.32. The largest absolute Gasteiger partial charge is 1.00 e. The molecule has 0 fully saturated rings. The molecule has 0 spiro atoms. The lowest BCUT2D eigenvalue weighted by molar-refractivity contribution is -0.929. The Morgan fingerprint density at radius 3 is 1.82 bits per heavy atom. The van der Waals surface area contributed by atoms with Crippen LogP contribution < -0.4 is 23.0 Å². The van der Waals surface area contributed by atoms with Crippen LogP contribution in [0.2, 0.25) is 0 Å². The smallest absolute Gasteiger partial charge is 0.325 e. The summed E-state index contributed by atoms with van der Waals surface area (Å²) < 4.78 is 1.42. The van der Waals surface area contributed by atoms with Crippen LogP contribution in [0.15, 0.2) is 48.7 Å². The molecule has 7 heteroatoms. The first-order valence-corrected chi connectivity index (χ1v) is 15.1. The molecule has 3 aromatic rings. The Hall–Kier alpha value is -2.15. The lowest BCUT2D eigenvalue weighted by Crippen LogP contribution is -3.00. The van der Waals surface area contributed by atoms with Gasteiger partial charge in [0.15, 0.2) is 5.13 Å². The number of quaternary nitrogens is 1. The number of thiazole rings is 1. The van der Waals surface area contributed by atoms with Crippen LogP contribution in [0, 0.1) is 6.92 Å². The number of nitrogens with one attached hydrogen (secondary N) is 2. The van der Waals surface area contributed by atoms with Gasteiger partial charge in [-0.3, -0.25) is 5.32 Å². The molecule has 0 saturated carbocycles. The maximum atomic E-state index is 12.0. The van der Waals surface area contributed by atoms with Crippen LogP contribution >= 0.6 is 11.3 Å². The molecule has 38 heavy (non-hydrogen) atoms. The maximum absolute atomic E-state index is 12.0. The number of hydrogen-bond acceptors (Lipinski definition) is 3. The number of amides is 2. The van der Waals surface area contributed by atoms with Gasteiger partial charge >= 0.3 is 6.03 Å². The van der Waals surface area contributed by atoms with Crippen LogP contribution in [-0.4, -0.2) is 41.7 Å². The van der Waals surface area contributed by atoms with Crippen LogP contribution in [0.5, 0.6) is 0 Å².